The van der Waals surface area contributed by atoms with Crippen molar-refractivity contribution < 1.29 is 8.91 Å². The summed E-state index contributed by atoms with van der Waals surface area (Å²) in [7, 11) is 0. The van der Waals surface area contributed by atoms with E-state index in [1.54, 1.807) is 36.4 Å². The fourth-order valence-corrected chi connectivity index (χ4v) is 2.61. The van der Waals surface area contributed by atoms with Crippen molar-refractivity contribution in [2.45, 2.75) is 6.54 Å². The predicted molar refractivity (Wildman–Crippen MR) is 97.7 cm³/mol. The summed E-state index contributed by atoms with van der Waals surface area (Å²) in [6.45, 7) is 0.200. The number of aromatic nitrogens is 4. The highest BCUT2D eigenvalue weighted by Gasteiger charge is 2.13. The second-order valence-corrected chi connectivity index (χ2v) is 6.21. The zero-order valence-electron chi connectivity index (χ0n) is 13.8. The summed E-state index contributed by atoms with van der Waals surface area (Å²) < 4.78 is 19.6. The summed E-state index contributed by atoms with van der Waals surface area (Å²) in [5.74, 6) is 0.237. The van der Waals surface area contributed by atoms with E-state index in [0.717, 1.165) is 11.1 Å². The van der Waals surface area contributed by atoms with Crippen molar-refractivity contribution in [1.29, 1.82) is 0 Å². The van der Waals surface area contributed by atoms with Gasteiger partial charge in [-0.25, -0.2) is 9.07 Å². The fraction of sp³-hybridized carbons (Fsp3) is 0.0526. The number of halogens is 2. The Morgan fingerprint density at radius 3 is 2.48 bits per heavy atom. The van der Waals surface area contributed by atoms with Crippen LogP contribution in [0.4, 0.5) is 4.39 Å². The Labute approximate surface area is 157 Å². The lowest BCUT2D eigenvalue weighted by atomic mass is 10.2. The molecule has 0 amide bonds. The van der Waals surface area contributed by atoms with E-state index in [2.05, 4.69) is 15.2 Å². The number of rotatable bonds is 4. The zero-order chi connectivity index (χ0) is 18.8. The van der Waals surface area contributed by atoms with Gasteiger partial charge in [0.1, 0.15) is 11.5 Å². The molecule has 134 valence electrons. The molecule has 0 atom stereocenters. The normalized spacial score (nSPS) is 10.9. The van der Waals surface area contributed by atoms with Crippen LogP contribution in [-0.2, 0) is 6.54 Å². The van der Waals surface area contributed by atoms with Gasteiger partial charge in [-0.05, 0) is 48.0 Å². The van der Waals surface area contributed by atoms with Crippen LogP contribution in [0.5, 0.6) is 0 Å². The molecule has 0 aliphatic heterocycles. The Hall–Kier alpha value is -3.32. The van der Waals surface area contributed by atoms with Crippen LogP contribution >= 0.6 is 11.6 Å². The highest BCUT2D eigenvalue weighted by Crippen LogP contribution is 2.21. The van der Waals surface area contributed by atoms with Gasteiger partial charge in [0, 0.05) is 16.7 Å². The van der Waals surface area contributed by atoms with Crippen LogP contribution in [0, 0.1) is 5.82 Å². The molecule has 0 saturated carbocycles. The fourth-order valence-electron chi connectivity index (χ4n) is 2.48. The molecule has 0 unspecified atom stereocenters. The SMILES string of the molecule is O=c1ccc(-c2nc(-c3ccc(Cl)cc3)no2)nn1Cc1ccc(F)cc1. The number of nitrogens with zero attached hydrogens (tertiary/aromatic N) is 4. The van der Waals surface area contributed by atoms with Gasteiger partial charge in [0.25, 0.3) is 11.4 Å². The third-order valence-corrected chi connectivity index (χ3v) is 4.11. The largest absolute Gasteiger partial charge is 0.332 e. The lowest BCUT2D eigenvalue weighted by Crippen LogP contribution is -2.22. The van der Waals surface area contributed by atoms with E-state index in [-0.39, 0.29) is 23.8 Å². The first-order valence-electron chi connectivity index (χ1n) is 8.01. The molecule has 0 aliphatic rings. The van der Waals surface area contributed by atoms with Crippen LogP contribution in [0.2, 0.25) is 5.02 Å². The van der Waals surface area contributed by atoms with Gasteiger partial charge in [-0.1, -0.05) is 28.9 Å². The van der Waals surface area contributed by atoms with Crippen molar-refractivity contribution in [3.63, 3.8) is 0 Å². The number of benzene rings is 2. The standard InChI is InChI=1S/C19H12ClFN4O2/c20-14-5-3-13(4-6-14)18-22-19(27-24-18)16-9-10-17(26)25(23-16)11-12-1-7-15(21)8-2-12/h1-10H,11H2. The molecule has 8 heteroatoms. The Balaban J connectivity index is 1.64. The quantitative estimate of drug-likeness (QED) is 0.536. The second-order valence-electron chi connectivity index (χ2n) is 5.77. The van der Waals surface area contributed by atoms with Gasteiger partial charge in [0.15, 0.2) is 0 Å². The highest BCUT2D eigenvalue weighted by molar-refractivity contribution is 6.30. The van der Waals surface area contributed by atoms with Gasteiger partial charge < -0.3 is 4.52 Å². The maximum atomic E-state index is 13.0. The average molecular weight is 383 g/mol. The minimum absolute atomic E-state index is 0.188. The van der Waals surface area contributed by atoms with Gasteiger partial charge in [0.2, 0.25) is 5.82 Å². The molecule has 4 aromatic rings. The van der Waals surface area contributed by atoms with Gasteiger partial charge >= 0.3 is 0 Å². The third-order valence-electron chi connectivity index (χ3n) is 3.86. The summed E-state index contributed by atoms with van der Waals surface area (Å²) in [6.07, 6.45) is 0. The van der Waals surface area contributed by atoms with E-state index in [0.29, 0.717) is 16.5 Å². The van der Waals surface area contributed by atoms with Crippen LogP contribution in [-0.4, -0.2) is 19.9 Å². The topological polar surface area (TPSA) is 73.8 Å². The summed E-state index contributed by atoms with van der Waals surface area (Å²) >= 11 is 5.88. The van der Waals surface area contributed by atoms with E-state index in [1.807, 2.05) is 0 Å². The third kappa shape index (κ3) is 3.78. The van der Waals surface area contributed by atoms with Crippen molar-refractivity contribution in [3.05, 3.63) is 87.4 Å². The number of hydrogen-bond acceptors (Lipinski definition) is 5. The van der Waals surface area contributed by atoms with E-state index in [1.165, 1.54) is 28.9 Å². The van der Waals surface area contributed by atoms with E-state index < -0.39 is 0 Å². The Bertz CT molecular complexity index is 1140. The molecule has 0 bridgehead atoms. The summed E-state index contributed by atoms with van der Waals surface area (Å²) in [6, 6.07) is 15.8. The molecule has 0 saturated heterocycles. The van der Waals surface area contributed by atoms with Crippen LogP contribution in [0.25, 0.3) is 23.0 Å². The average Bonchev–Trinajstić information content (AvgIpc) is 3.16. The van der Waals surface area contributed by atoms with Gasteiger partial charge in [-0.15, -0.1) is 0 Å². The Morgan fingerprint density at radius 1 is 1.00 bits per heavy atom. The molecule has 0 aliphatic carbocycles. The zero-order valence-corrected chi connectivity index (χ0v) is 14.6. The molecular formula is C19H12ClFN4O2. The molecule has 27 heavy (non-hydrogen) atoms. The van der Waals surface area contributed by atoms with Crippen molar-refractivity contribution in [2.24, 2.45) is 0 Å². The summed E-state index contributed by atoms with van der Waals surface area (Å²) in [5.41, 5.74) is 1.56. The molecule has 0 radical (unpaired) electrons. The van der Waals surface area contributed by atoms with Gasteiger partial charge in [-0.3, -0.25) is 4.79 Å². The molecule has 0 N–H and O–H groups in total. The Kier molecular flexibility index (Phi) is 4.52. The molecule has 6 nitrogen and oxygen atoms in total. The van der Waals surface area contributed by atoms with E-state index in [4.69, 9.17) is 16.1 Å². The minimum Gasteiger partial charge on any atom is -0.332 e. The van der Waals surface area contributed by atoms with Crippen LogP contribution < -0.4 is 5.56 Å². The van der Waals surface area contributed by atoms with Crippen LogP contribution in [0.3, 0.4) is 0 Å². The van der Waals surface area contributed by atoms with Crippen molar-refractivity contribution in [2.75, 3.05) is 0 Å². The summed E-state index contributed by atoms with van der Waals surface area (Å²) in [4.78, 5) is 16.4. The number of hydrogen-bond donors (Lipinski definition) is 0. The monoisotopic (exact) mass is 382 g/mol. The van der Waals surface area contributed by atoms with Gasteiger partial charge in [0.05, 0.1) is 6.54 Å². The smallest absolute Gasteiger partial charge is 0.278 e. The minimum atomic E-state index is -0.339. The highest BCUT2D eigenvalue weighted by atomic mass is 35.5. The molecule has 2 heterocycles. The first kappa shape index (κ1) is 17.1. The second kappa shape index (κ2) is 7.13. The van der Waals surface area contributed by atoms with Crippen LogP contribution in [0.15, 0.2) is 70.0 Å². The Morgan fingerprint density at radius 2 is 1.74 bits per heavy atom. The lowest BCUT2D eigenvalue weighted by molar-refractivity contribution is 0.429. The van der Waals surface area contributed by atoms with Gasteiger partial charge in [-0.2, -0.15) is 10.1 Å². The lowest BCUT2D eigenvalue weighted by Gasteiger charge is -2.05. The van der Waals surface area contributed by atoms with Crippen molar-refractivity contribution in [1.82, 2.24) is 19.9 Å². The molecular weight excluding hydrogens is 371 g/mol. The van der Waals surface area contributed by atoms with Crippen molar-refractivity contribution in [3.8, 4) is 23.0 Å². The first-order valence-corrected chi connectivity index (χ1v) is 8.39. The molecule has 0 spiro atoms. The maximum Gasteiger partial charge on any atom is 0.278 e. The van der Waals surface area contributed by atoms with Crippen molar-refractivity contribution >= 4 is 11.6 Å². The maximum absolute atomic E-state index is 13.0. The van der Waals surface area contributed by atoms with Crippen LogP contribution in [0.1, 0.15) is 5.56 Å². The molecule has 2 aromatic heterocycles. The molecule has 2 aromatic carbocycles. The van der Waals surface area contributed by atoms with E-state index >= 15 is 0 Å². The predicted octanol–water partition coefficient (Wildman–Crippen LogP) is 3.80. The first-order chi connectivity index (χ1) is 13.1. The molecule has 0 fully saturated rings. The van der Waals surface area contributed by atoms with E-state index in [9.17, 15) is 9.18 Å². The summed E-state index contributed by atoms with van der Waals surface area (Å²) in [5, 5.41) is 8.82. The molecule has 4 rings (SSSR count).